The Balaban J connectivity index is 1.11. The normalized spacial score (nSPS) is 22.1. The Morgan fingerprint density at radius 3 is 2.80 bits per heavy atom. The number of aromatic nitrogens is 3. The number of imidazole rings is 1. The van der Waals surface area contributed by atoms with E-state index in [2.05, 4.69) is 20.5 Å². The SMILES string of the molecule is Cc1ccc([C@]2(C)Oc3cccc(C4=CCN(Cc5nc6nc(C(=O)O)sc6n5C[C@@H]5CCO5)CC4)c3O2)c(F)c1. The van der Waals surface area contributed by atoms with Crippen LogP contribution in [0, 0.1) is 12.7 Å². The van der Waals surface area contributed by atoms with Crippen molar-refractivity contribution in [1.82, 2.24) is 19.4 Å². The molecule has 2 aromatic carbocycles. The van der Waals surface area contributed by atoms with Crippen LogP contribution in [-0.4, -0.2) is 56.3 Å². The first kappa shape index (κ1) is 26.1. The van der Waals surface area contributed by atoms with Crippen molar-refractivity contribution < 1.29 is 28.5 Å². The Morgan fingerprint density at radius 2 is 2.10 bits per heavy atom. The summed E-state index contributed by atoms with van der Waals surface area (Å²) in [4.78, 5) is 23.5. The number of hydrogen-bond donors (Lipinski definition) is 1. The second-order valence-electron chi connectivity index (χ2n) is 10.9. The number of fused-ring (bicyclic) bond motifs is 2. The molecule has 0 aliphatic carbocycles. The molecule has 212 valence electrons. The van der Waals surface area contributed by atoms with Crippen molar-refractivity contribution in [3.8, 4) is 11.5 Å². The molecule has 3 aliphatic rings. The van der Waals surface area contributed by atoms with Crippen molar-refractivity contribution in [1.29, 1.82) is 0 Å². The third-order valence-electron chi connectivity index (χ3n) is 7.94. The Hall–Kier alpha value is -3.80. The van der Waals surface area contributed by atoms with Crippen molar-refractivity contribution in [2.75, 3.05) is 19.7 Å². The lowest BCUT2D eigenvalue weighted by Crippen LogP contribution is -2.33. The summed E-state index contributed by atoms with van der Waals surface area (Å²) in [6.45, 7) is 7.10. The average Bonchev–Trinajstić information content (AvgIpc) is 3.57. The summed E-state index contributed by atoms with van der Waals surface area (Å²) in [5, 5.41) is 9.44. The molecular weight excluding hydrogens is 547 g/mol. The Kier molecular flexibility index (Phi) is 6.33. The zero-order valence-electron chi connectivity index (χ0n) is 22.7. The number of hydrogen-bond acceptors (Lipinski definition) is 8. The Labute approximate surface area is 239 Å². The van der Waals surface area contributed by atoms with Gasteiger partial charge in [0.15, 0.2) is 17.1 Å². The highest BCUT2D eigenvalue weighted by atomic mass is 32.1. The zero-order chi connectivity index (χ0) is 28.3. The molecule has 1 saturated heterocycles. The van der Waals surface area contributed by atoms with Crippen molar-refractivity contribution in [2.24, 2.45) is 0 Å². The Morgan fingerprint density at radius 1 is 1.24 bits per heavy atom. The van der Waals surface area contributed by atoms with Gasteiger partial charge in [0.2, 0.25) is 5.01 Å². The molecule has 2 atom stereocenters. The van der Waals surface area contributed by atoms with Crippen LogP contribution in [0.3, 0.4) is 0 Å². The minimum Gasteiger partial charge on any atom is -0.476 e. The number of carboxylic acid groups (broad SMARTS) is 1. The van der Waals surface area contributed by atoms with Gasteiger partial charge in [0.25, 0.3) is 5.79 Å². The number of para-hydroxylation sites is 1. The van der Waals surface area contributed by atoms with E-state index in [0.717, 1.165) is 64.7 Å². The molecule has 11 heteroatoms. The maximum Gasteiger partial charge on any atom is 0.365 e. The van der Waals surface area contributed by atoms with Gasteiger partial charge in [-0.2, -0.15) is 0 Å². The number of nitrogens with zero attached hydrogens (tertiary/aromatic N) is 4. The van der Waals surface area contributed by atoms with Gasteiger partial charge >= 0.3 is 5.97 Å². The molecule has 0 unspecified atom stereocenters. The van der Waals surface area contributed by atoms with Crippen LogP contribution >= 0.6 is 11.3 Å². The molecule has 1 N–H and O–H groups in total. The summed E-state index contributed by atoms with van der Waals surface area (Å²) < 4.78 is 35.1. The topological polar surface area (TPSA) is 98.9 Å². The lowest BCUT2D eigenvalue weighted by atomic mass is 9.98. The number of carbonyl (C=O) groups is 1. The van der Waals surface area contributed by atoms with E-state index >= 15 is 0 Å². The number of thiazole rings is 1. The predicted molar refractivity (Wildman–Crippen MR) is 151 cm³/mol. The molecule has 7 rings (SSSR count). The highest BCUT2D eigenvalue weighted by Crippen LogP contribution is 2.49. The first-order chi connectivity index (χ1) is 19.8. The maximum absolute atomic E-state index is 14.9. The summed E-state index contributed by atoms with van der Waals surface area (Å²) >= 11 is 1.15. The van der Waals surface area contributed by atoms with Crippen LogP contribution < -0.4 is 9.47 Å². The van der Waals surface area contributed by atoms with Crippen LogP contribution in [0.15, 0.2) is 42.5 Å². The summed E-state index contributed by atoms with van der Waals surface area (Å²) in [5.41, 5.74) is 3.77. The van der Waals surface area contributed by atoms with E-state index in [1.54, 1.807) is 13.0 Å². The van der Waals surface area contributed by atoms with Gasteiger partial charge in [0.05, 0.1) is 24.8 Å². The summed E-state index contributed by atoms with van der Waals surface area (Å²) in [6.07, 6.45) is 4.06. The molecule has 0 amide bonds. The molecule has 0 bridgehead atoms. The van der Waals surface area contributed by atoms with Crippen LogP contribution in [0.1, 0.15) is 52.1 Å². The molecule has 9 nitrogen and oxygen atoms in total. The van der Waals surface area contributed by atoms with Crippen molar-refractivity contribution in [3.63, 3.8) is 0 Å². The van der Waals surface area contributed by atoms with Crippen LogP contribution in [-0.2, 0) is 23.6 Å². The van der Waals surface area contributed by atoms with E-state index in [4.69, 9.17) is 19.2 Å². The van der Waals surface area contributed by atoms with Crippen molar-refractivity contribution >= 4 is 33.4 Å². The lowest BCUT2D eigenvalue weighted by Gasteiger charge is -2.29. The Bertz CT molecular complexity index is 1710. The van der Waals surface area contributed by atoms with Gasteiger partial charge in [-0.15, -0.1) is 0 Å². The van der Waals surface area contributed by atoms with E-state index < -0.39 is 11.8 Å². The molecule has 2 aromatic heterocycles. The van der Waals surface area contributed by atoms with Crippen molar-refractivity contribution in [2.45, 2.75) is 51.7 Å². The zero-order valence-corrected chi connectivity index (χ0v) is 23.5. The number of rotatable bonds is 7. The van der Waals surface area contributed by atoms with E-state index in [9.17, 15) is 14.3 Å². The first-order valence-electron chi connectivity index (χ1n) is 13.7. The first-order valence-corrected chi connectivity index (χ1v) is 14.5. The molecule has 41 heavy (non-hydrogen) atoms. The van der Waals surface area contributed by atoms with Crippen LogP contribution in [0.2, 0.25) is 0 Å². The van der Waals surface area contributed by atoms with Gasteiger partial charge in [-0.1, -0.05) is 35.6 Å². The smallest absolute Gasteiger partial charge is 0.365 e. The quantitative estimate of drug-likeness (QED) is 0.314. The van der Waals surface area contributed by atoms with Gasteiger partial charge in [-0.3, -0.25) is 4.90 Å². The van der Waals surface area contributed by atoms with E-state index in [-0.39, 0.29) is 16.9 Å². The van der Waals surface area contributed by atoms with Gasteiger partial charge in [0.1, 0.15) is 16.5 Å². The van der Waals surface area contributed by atoms with Crippen LogP contribution in [0.25, 0.3) is 16.1 Å². The van der Waals surface area contributed by atoms with Gasteiger partial charge in [-0.25, -0.2) is 19.2 Å². The fourth-order valence-corrected chi connectivity index (χ4v) is 6.54. The minimum atomic E-state index is -1.25. The van der Waals surface area contributed by atoms with Gasteiger partial charge in [-0.05, 0) is 49.1 Å². The van der Waals surface area contributed by atoms with E-state index in [1.807, 2.05) is 31.2 Å². The number of benzene rings is 2. The number of ether oxygens (including phenoxy) is 3. The van der Waals surface area contributed by atoms with Crippen LogP contribution in [0.5, 0.6) is 11.5 Å². The molecule has 4 aromatic rings. The fraction of sp³-hybridized carbons (Fsp3) is 0.367. The number of aromatic carboxylic acids is 1. The molecule has 5 heterocycles. The monoisotopic (exact) mass is 576 g/mol. The van der Waals surface area contributed by atoms with Crippen LogP contribution in [0.4, 0.5) is 4.39 Å². The summed E-state index contributed by atoms with van der Waals surface area (Å²) in [5.74, 6) is -0.559. The number of halogens is 1. The second-order valence-corrected chi connectivity index (χ2v) is 11.8. The maximum atomic E-state index is 14.9. The third-order valence-corrected chi connectivity index (χ3v) is 9.00. The largest absolute Gasteiger partial charge is 0.476 e. The molecule has 3 aliphatic heterocycles. The van der Waals surface area contributed by atoms with E-state index in [0.29, 0.717) is 42.3 Å². The highest BCUT2D eigenvalue weighted by molar-refractivity contribution is 7.19. The average molecular weight is 577 g/mol. The van der Waals surface area contributed by atoms with Crippen molar-refractivity contribution in [3.05, 3.63) is 75.8 Å². The standard InChI is InChI=1S/C30H29FN4O5S/c1-17-6-7-21(22(31)14-17)30(2)39-23-5-3-4-20(25(23)40-30)18-8-11-34(12-9-18)16-24-32-26-28(41-27(33-26)29(36)37)35(24)15-19-10-13-38-19/h3-8,14,19H,9-13,15-16H2,1-2H3,(H,36,37)/t19-,30+/m0/s1. The summed E-state index contributed by atoms with van der Waals surface area (Å²) in [7, 11) is 0. The van der Waals surface area contributed by atoms with E-state index in [1.165, 1.54) is 6.07 Å². The molecule has 0 radical (unpaired) electrons. The number of carboxylic acids is 1. The van der Waals surface area contributed by atoms with Gasteiger partial charge in [0, 0.05) is 32.2 Å². The van der Waals surface area contributed by atoms with Gasteiger partial charge < -0.3 is 23.9 Å². The number of aryl methyl sites for hydroxylation is 1. The second kappa shape index (κ2) is 9.93. The predicted octanol–water partition coefficient (Wildman–Crippen LogP) is 5.36. The third kappa shape index (κ3) is 4.67. The highest BCUT2D eigenvalue weighted by Gasteiger charge is 2.42. The molecule has 0 spiro atoms. The molecule has 0 saturated carbocycles. The lowest BCUT2D eigenvalue weighted by molar-refractivity contribution is -0.0708. The molecular formula is C30H29FN4O5S. The minimum absolute atomic E-state index is 0.0469. The molecule has 1 fully saturated rings. The fourth-order valence-electron chi connectivity index (χ4n) is 5.66. The summed E-state index contributed by atoms with van der Waals surface area (Å²) in [6, 6.07) is 10.9.